The number of hydrogen-bond acceptors (Lipinski definition) is 1. The van der Waals surface area contributed by atoms with Crippen molar-refractivity contribution in [2.75, 3.05) is 11.9 Å². The Balaban J connectivity index is 1.97. The van der Waals surface area contributed by atoms with Crippen LogP contribution >= 0.6 is 0 Å². The van der Waals surface area contributed by atoms with Gasteiger partial charge >= 0.3 is 0 Å². The molecule has 0 radical (unpaired) electrons. The first-order chi connectivity index (χ1) is 6.77. The van der Waals surface area contributed by atoms with Gasteiger partial charge in [0.2, 0.25) is 0 Å². The van der Waals surface area contributed by atoms with Crippen LogP contribution in [0.5, 0.6) is 0 Å². The van der Waals surface area contributed by atoms with E-state index in [-0.39, 0.29) is 5.69 Å². The molecule has 76 valence electrons. The van der Waals surface area contributed by atoms with Gasteiger partial charge in [-0.15, -0.1) is 0 Å². The van der Waals surface area contributed by atoms with E-state index in [1.807, 2.05) is 0 Å². The Morgan fingerprint density at radius 2 is 2.07 bits per heavy atom. The Kier molecular flexibility index (Phi) is 2.66. The quantitative estimate of drug-likeness (QED) is 0.784. The summed E-state index contributed by atoms with van der Waals surface area (Å²) in [4.78, 5) is 0. The van der Waals surface area contributed by atoms with Gasteiger partial charge in [-0.05, 0) is 30.9 Å². The van der Waals surface area contributed by atoms with Crippen molar-refractivity contribution in [3.05, 3.63) is 29.8 Å². The largest absolute Gasteiger partial charge is 0.382 e. The maximum Gasteiger partial charge on any atom is 0.181 e. The zero-order chi connectivity index (χ0) is 9.97. The number of hydrogen-bond donors (Lipinski definition) is 1. The summed E-state index contributed by atoms with van der Waals surface area (Å²) in [5, 5.41) is 2.94. The average Bonchev–Trinajstić information content (AvgIpc) is 2.09. The van der Waals surface area contributed by atoms with Crippen molar-refractivity contribution in [3.63, 3.8) is 0 Å². The fraction of sp³-hybridized carbons (Fsp3) is 0.455. The molecule has 1 fully saturated rings. The van der Waals surface area contributed by atoms with Crippen LogP contribution in [0.2, 0.25) is 0 Å². The summed E-state index contributed by atoms with van der Waals surface area (Å²) in [7, 11) is 0. The van der Waals surface area contributed by atoms with E-state index in [2.05, 4.69) is 5.32 Å². The van der Waals surface area contributed by atoms with E-state index < -0.39 is 11.6 Å². The van der Waals surface area contributed by atoms with Gasteiger partial charge in [0.1, 0.15) is 0 Å². The van der Waals surface area contributed by atoms with Crippen LogP contribution in [0.15, 0.2) is 18.2 Å². The van der Waals surface area contributed by atoms with Crippen LogP contribution in [0.3, 0.4) is 0 Å². The molecule has 1 aromatic rings. The van der Waals surface area contributed by atoms with Crippen molar-refractivity contribution in [3.8, 4) is 0 Å². The third-order valence-electron chi connectivity index (χ3n) is 2.76. The highest BCUT2D eigenvalue weighted by Gasteiger charge is 2.17. The summed E-state index contributed by atoms with van der Waals surface area (Å²) >= 11 is 0. The second-order valence-electron chi connectivity index (χ2n) is 3.78. The molecule has 1 aliphatic rings. The molecule has 0 bridgehead atoms. The molecule has 0 aliphatic heterocycles. The average molecular weight is 197 g/mol. The van der Waals surface area contributed by atoms with Crippen molar-refractivity contribution in [1.29, 1.82) is 0 Å². The monoisotopic (exact) mass is 197 g/mol. The van der Waals surface area contributed by atoms with Crippen LogP contribution < -0.4 is 5.32 Å². The maximum absolute atomic E-state index is 13.1. The lowest BCUT2D eigenvalue weighted by atomic mass is 9.85. The van der Waals surface area contributed by atoms with E-state index in [1.54, 1.807) is 6.07 Å². The molecular formula is C11H13F2N. The molecule has 0 atom stereocenters. The summed E-state index contributed by atoms with van der Waals surface area (Å²) in [5.41, 5.74) is 0.275. The molecule has 0 aromatic heterocycles. The zero-order valence-electron chi connectivity index (χ0n) is 7.89. The van der Waals surface area contributed by atoms with E-state index in [0.29, 0.717) is 5.92 Å². The summed E-state index contributed by atoms with van der Waals surface area (Å²) < 4.78 is 25.9. The number of anilines is 1. The highest BCUT2D eigenvalue weighted by Crippen LogP contribution is 2.27. The van der Waals surface area contributed by atoms with E-state index >= 15 is 0 Å². The first kappa shape index (κ1) is 9.44. The Morgan fingerprint density at radius 3 is 2.71 bits per heavy atom. The fourth-order valence-electron chi connectivity index (χ4n) is 1.59. The predicted octanol–water partition coefficient (Wildman–Crippen LogP) is 3.18. The molecule has 1 aliphatic carbocycles. The lowest BCUT2D eigenvalue weighted by Gasteiger charge is -2.25. The van der Waals surface area contributed by atoms with Crippen molar-refractivity contribution in [1.82, 2.24) is 0 Å². The molecule has 0 saturated heterocycles. The summed E-state index contributed by atoms with van der Waals surface area (Å²) in [6.07, 6.45) is 3.66. The van der Waals surface area contributed by atoms with Crippen molar-refractivity contribution in [2.24, 2.45) is 5.92 Å². The lowest BCUT2D eigenvalue weighted by Crippen LogP contribution is -2.21. The van der Waals surface area contributed by atoms with Crippen molar-refractivity contribution < 1.29 is 8.78 Å². The van der Waals surface area contributed by atoms with Gasteiger partial charge < -0.3 is 5.32 Å². The van der Waals surface area contributed by atoms with E-state index in [1.165, 1.54) is 25.3 Å². The van der Waals surface area contributed by atoms with Gasteiger partial charge in [-0.1, -0.05) is 12.5 Å². The van der Waals surface area contributed by atoms with Gasteiger partial charge in [0, 0.05) is 6.54 Å². The first-order valence-corrected chi connectivity index (χ1v) is 4.95. The third-order valence-corrected chi connectivity index (χ3v) is 2.76. The minimum Gasteiger partial charge on any atom is -0.382 e. The standard InChI is InChI=1S/C11H13F2N/c12-9-5-2-6-10(11(9)13)14-7-8-3-1-4-8/h2,5-6,8,14H,1,3-4,7H2. The molecule has 3 heteroatoms. The smallest absolute Gasteiger partial charge is 0.181 e. The summed E-state index contributed by atoms with van der Waals surface area (Å²) in [6, 6.07) is 4.21. The van der Waals surface area contributed by atoms with Gasteiger partial charge in [-0.2, -0.15) is 0 Å². The van der Waals surface area contributed by atoms with Gasteiger partial charge in [0.25, 0.3) is 0 Å². The lowest BCUT2D eigenvalue weighted by molar-refractivity contribution is 0.333. The number of rotatable bonds is 3. The van der Waals surface area contributed by atoms with Crippen LogP contribution in [0.25, 0.3) is 0 Å². The number of halogens is 2. The highest BCUT2D eigenvalue weighted by atomic mass is 19.2. The van der Waals surface area contributed by atoms with Crippen LogP contribution in [-0.2, 0) is 0 Å². The Morgan fingerprint density at radius 1 is 1.29 bits per heavy atom. The Labute approximate surface area is 82.1 Å². The van der Waals surface area contributed by atoms with Gasteiger partial charge in [0.15, 0.2) is 11.6 Å². The molecule has 1 N–H and O–H groups in total. The molecule has 2 rings (SSSR count). The second kappa shape index (κ2) is 3.95. The van der Waals surface area contributed by atoms with E-state index in [0.717, 1.165) is 12.6 Å². The van der Waals surface area contributed by atoms with E-state index in [9.17, 15) is 8.78 Å². The van der Waals surface area contributed by atoms with Crippen LogP contribution in [-0.4, -0.2) is 6.54 Å². The van der Waals surface area contributed by atoms with Gasteiger partial charge in [0.05, 0.1) is 5.69 Å². The van der Waals surface area contributed by atoms with Crippen LogP contribution in [0.1, 0.15) is 19.3 Å². The Hall–Kier alpha value is -1.12. The third kappa shape index (κ3) is 1.86. The van der Waals surface area contributed by atoms with Crippen LogP contribution in [0, 0.1) is 17.6 Å². The maximum atomic E-state index is 13.1. The topological polar surface area (TPSA) is 12.0 Å². The fourth-order valence-corrected chi connectivity index (χ4v) is 1.59. The van der Waals surface area contributed by atoms with Gasteiger partial charge in [-0.25, -0.2) is 8.78 Å². The first-order valence-electron chi connectivity index (χ1n) is 4.95. The molecule has 0 unspecified atom stereocenters. The zero-order valence-corrected chi connectivity index (χ0v) is 7.89. The molecule has 1 nitrogen and oxygen atoms in total. The van der Waals surface area contributed by atoms with Crippen LogP contribution in [0.4, 0.5) is 14.5 Å². The number of nitrogens with one attached hydrogen (secondary N) is 1. The van der Waals surface area contributed by atoms with E-state index in [4.69, 9.17) is 0 Å². The minimum atomic E-state index is -0.788. The summed E-state index contributed by atoms with van der Waals surface area (Å²) in [6.45, 7) is 0.750. The number of benzene rings is 1. The molecule has 0 heterocycles. The normalized spacial score (nSPS) is 16.4. The SMILES string of the molecule is Fc1cccc(NCC2CCC2)c1F. The molecule has 1 saturated carbocycles. The second-order valence-corrected chi connectivity index (χ2v) is 3.78. The molecule has 0 spiro atoms. The molecule has 14 heavy (non-hydrogen) atoms. The molecule has 1 aromatic carbocycles. The van der Waals surface area contributed by atoms with Crippen molar-refractivity contribution in [2.45, 2.75) is 19.3 Å². The minimum absolute atomic E-state index is 0.275. The van der Waals surface area contributed by atoms with Crippen molar-refractivity contribution >= 4 is 5.69 Å². The molecular weight excluding hydrogens is 184 g/mol. The highest BCUT2D eigenvalue weighted by molar-refractivity contribution is 5.44. The molecule has 0 amide bonds. The Bertz CT molecular complexity index is 321. The summed E-state index contributed by atoms with van der Waals surface area (Å²) in [5.74, 6) is -0.923. The predicted molar refractivity (Wildman–Crippen MR) is 52.2 cm³/mol. The van der Waals surface area contributed by atoms with Gasteiger partial charge in [-0.3, -0.25) is 0 Å².